The predicted octanol–water partition coefficient (Wildman–Crippen LogP) is 5.61. The van der Waals surface area contributed by atoms with Gasteiger partial charge in [-0.1, -0.05) is 72.3 Å². The second-order valence-corrected chi connectivity index (χ2v) is 7.15. The summed E-state index contributed by atoms with van der Waals surface area (Å²) in [5.41, 5.74) is 2.47. The van der Waals surface area contributed by atoms with Gasteiger partial charge in [-0.15, -0.1) is 0 Å². The second-order valence-electron chi connectivity index (χ2n) is 6.75. The van der Waals surface area contributed by atoms with Crippen molar-refractivity contribution in [3.05, 3.63) is 107 Å². The molecule has 1 atom stereocenters. The van der Waals surface area contributed by atoms with Crippen LogP contribution in [0.5, 0.6) is 5.75 Å². The van der Waals surface area contributed by atoms with Crippen LogP contribution in [0.15, 0.2) is 85.1 Å². The van der Waals surface area contributed by atoms with Crippen LogP contribution in [0, 0.1) is 0 Å². The Morgan fingerprint density at radius 3 is 2.47 bits per heavy atom. The molecule has 4 rings (SSSR count). The number of carbonyl (C=O) groups excluding carboxylic acids is 1. The summed E-state index contributed by atoms with van der Waals surface area (Å²) >= 11 is 6.45. The van der Waals surface area contributed by atoms with Crippen molar-refractivity contribution in [3.63, 3.8) is 0 Å². The Bertz CT molecular complexity index is 1170. The fraction of sp³-hybridized carbons (Fsp3) is 0.0833. The van der Waals surface area contributed by atoms with E-state index in [4.69, 9.17) is 16.3 Å². The van der Waals surface area contributed by atoms with E-state index in [-0.39, 0.29) is 12.4 Å². The van der Waals surface area contributed by atoms with Crippen LogP contribution in [0.3, 0.4) is 0 Å². The number of alkyl carbamates (subject to hydrolysis) is 1. The standard InChI is InChI=1S/C24H19ClN2O3/c25-20-14-19(23(28)22-18(20)12-7-13-26-22)21(17-10-5-2-6-11-17)27-24(29)30-15-16-8-3-1-4-9-16/h1-14,21,28H,15H2,(H,27,29). The number of carbonyl (C=O) groups is 1. The molecule has 150 valence electrons. The largest absolute Gasteiger partial charge is 0.505 e. The number of hydrogen-bond donors (Lipinski definition) is 2. The summed E-state index contributed by atoms with van der Waals surface area (Å²) < 4.78 is 5.38. The number of benzene rings is 3. The zero-order valence-corrected chi connectivity index (χ0v) is 16.7. The topological polar surface area (TPSA) is 71.5 Å². The number of rotatable bonds is 5. The van der Waals surface area contributed by atoms with Gasteiger partial charge in [-0.25, -0.2) is 4.79 Å². The first kappa shape index (κ1) is 19.7. The lowest BCUT2D eigenvalue weighted by atomic mass is 9.96. The molecule has 0 radical (unpaired) electrons. The Hall–Kier alpha value is -3.57. The van der Waals surface area contributed by atoms with Crippen LogP contribution in [-0.4, -0.2) is 16.2 Å². The molecule has 0 fully saturated rings. The number of aromatic nitrogens is 1. The molecule has 0 saturated heterocycles. The van der Waals surface area contributed by atoms with Crippen molar-refractivity contribution in [2.45, 2.75) is 12.6 Å². The highest BCUT2D eigenvalue weighted by Crippen LogP contribution is 2.38. The van der Waals surface area contributed by atoms with Gasteiger partial charge in [0.25, 0.3) is 0 Å². The van der Waals surface area contributed by atoms with Crippen molar-refractivity contribution in [3.8, 4) is 5.75 Å². The van der Waals surface area contributed by atoms with Gasteiger partial charge in [-0.3, -0.25) is 4.98 Å². The number of pyridine rings is 1. The first-order valence-electron chi connectivity index (χ1n) is 9.41. The summed E-state index contributed by atoms with van der Waals surface area (Å²) in [4.78, 5) is 16.8. The van der Waals surface area contributed by atoms with E-state index < -0.39 is 12.1 Å². The normalized spacial score (nSPS) is 11.8. The zero-order chi connectivity index (χ0) is 20.9. The van der Waals surface area contributed by atoms with Crippen molar-refractivity contribution in [1.29, 1.82) is 0 Å². The van der Waals surface area contributed by atoms with E-state index >= 15 is 0 Å². The highest BCUT2D eigenvalue weighted by molar-refractivity contribution is 6.35. The molecule has 30 heavy (non-hydrogen) atoms. The van der Waals surface area contributed by atoms with Crippen molar-refractivity contribution < 1.29 is 14.6 Å². The quantitative estimate of drug-likeness (QED) is 0.442. The van der Waals surface area contributed by atoms with Gasteiger partial charge < -0.3 is 15.2 Å². The summed E-state index contributed by atoms with van der Waals surface area (Å²) in [5, 5.41) is 14.8. The third-order valence-electron chi connectivity index (χ3n) is 4.76. The van der Waals surface area contributed by atoms with E-state index in [9.17, 15) is 9.90 Å². The number of phenols is 1. The third kappa shape index (κ3) is 4.21. The molecular weight excluding hydrogens is 400 g/mol. The Kier molecular flexibility index (Phi) is 5.82. The van der Waals surface area contributed by atoms with Crippen molar-refractivity contribution >= 4 is 28.6 Å². The van der Waals surface area contributed by atoms with E-state index in [0.29, 0.717) is 21.5 Å². The Morgan fingerprint density at radius 1 is 1.03 bits per heavy atom. The number of fused-ring (bicyclic) bond motifs is 1. The molecule has 1 aromatic heterocycles. The molecule has 3 aromatic carbocycles. The molecule has 0 saturated carbocycles. The number of amides is 1. The lowest BCUT2D eigenvalue weighted by Crippen LogP contribution is -2.30. The molecule has 2 N–H and O–H groups in total. The monoisotopic (exact) mass is 418 g/mol. The molecule has 0 aliphatic heterocycles. The number of phenolic OH excluding ortho intramolecular Hbond substituents is 1. The van der Waals surface area contributed by atoms with Crippen LogP contribution < -0.4 is 5.32 Å². The fourth-order valence-corrected chi connectivity index (χ4v) is 3.56. The molecule has 0 aliphatic carbocycles. The first-order chi connectivity index (χ1) is 14.6. The number of aromatic hydroxyl groups is 1. The number of hydrogen-bond acceptors (Lipinski definition) is 4. The van der Waals surface area contributed by atoms with Gasteiger partial charge in [0.1, 0.15) is 17.9 Å². The maximum atomic E-state index is 12.6. The first-order valence-corrected chi connectivity index (χ1v) is 9.79. The number of ether oxygens (including phenoxy) is 1. The van der Waals surface area contributed by atoms with Crippen LogP contribution in [0.2, 0.25) is 5.02 Å². The molecule has 0 aliphatic rings. The SMILES string of the molecule is O=C(NC(c1ccccc1)c1cc(Cl)c2cccnc2c1O)OCc1ccccc1. The Balaban J connectivity index is 1.67. The van der Waals surface area contributed by atoms with Gasteiger partial charge in [-0.2, -0.15) is 0 Å². The zero-order valence-electron chi connectivity index (χ0n) is 16.0. The average molecular weight is 419 g/mol. The van der Waals surface area contributed by atoms with Gasteiger partial charge in [0, 0.05) is 17.1 Å². The molecule has 1 amide bonds. The molecule has 6 heteroatoms. The van der Waals surface area contributed by atoms with Gasteiger partial charge >= 0.3 is 6.09 Å². The van der Waals surface area contributed by atoms with Crippen LogP contribution in [0.1, 0.15) is 22.7 Å². The van der Waals surface area contributed by atoms with E-state index in [1.54, 1.807) is 24.4 Å². The minimum absolute atomic E-state index is 0.0350. The van der Waals surface area contributed by atoms with Gasteiger partial charge in [0.05, 0.1) is 11.1 Å². The highest BCUT2D eigenvalue weighted by atomic mass is 35.5. The minimum Gasteiger partial charge on any atom is -0.505 e. The van der Waals surface area contributed by atoms with Crippen LogP contribution in [-0.2, 0) is 11.3 Å². The molecule has 5 nitrogen and oxygen atoms in total. The number of halogens is 1. The van der Waals surface area contributed by atoms with Gasteiger partial charge in [0.2, 0.25) is 0 Å². The summed E-state index contributed by atoms with van der Waals surface area (Å²) in [5.74, 6) is -0.0350. The maximum Gasteiger partial charge on any atom is 0.408 e. The summed E-state index contributed by atoms with van der Waals surface area (Å²) in [7, 11) is 0. The molecule has 0 bridgehead atoms. The third-order valence-corrected chi connectivity index (χ3v) is 5.08. The lowest BCUT2D eigenvalue weighted by Gasteiger charge is -2.21. The van der Waals surface area contributed by atoms with Gasteiger partial charge in [0.15, 0.2) is 0 Å². The van der Waals surface area contributed by atoms with E-state index in [1.165, 1.54) is 0 Å². The number of nitrogens with zero attached hydrogens (tertiary/aromatic N) is 1. The van der Waals surface area contributed by atoms with Crippen molar-refractivity contribution in [1.82, 2.24) is 10.3 Å². The summed E-state index contributed by atoms with van der Waals surface area (Å²) in [6, 6.07) is 23.2. The molecule has 0 spiro atoms. The lowest BCUT2D eigenvalue weighted by molar-refractivity contribution is 0.137. The summed E-state index contributed by atoms with van der Waals surface area (Å²) in [6.45, 7) is 0.139. The van der Waals surface area contributed by atoms with E-state index in [0.717, 1.165) is 11.1 Å². The van der Waals surface area contributed by atoms with Crippen LogP contribution in [0.25, 0.3) is 10.9 Å². The van der Waals surface area contributed by atoms with E-state index in [1.807, 2.05) is 60.7 Å². The fourth-order valence-electron chi connectivity index (χ4n) is 3.29. The van der Waals surface area contributed by atoms with Crippen molar-refractivity contribution in [2.24, 2.45) is 0 Å². The smallest absolute Gasteiger partial charge is 0.408 e. The maximum absolute atomic E-state index is 12.6. The minimum atomic E-state index is -0.668. The average Bonchev–Trinajstić information content (AvgIpc) is 2.80. The number of nitrogens with one attached hydrogen (secondary N) is 1. The highest BCUT2D eigenvalue weighted by Gasteiger charge is 2.23. The molecule has 1 heterocycles. The van der Waals surface area contributed by atoms with E-state index in [2.05, 4.69) is 10.3 Å². The Morgan fingerprint density at radius 2 is 1.73 bits per heavy atom. The van der Waals surface area contributed by atoms with Crippen molar-refractivity contribution in [2.75, 3.05) is 0 Å². The second kappa shape index (κ2) is 8.84. The van der Waals surface area contributed by atoms with Gasteiger partial charge in [-0.05, 0) is 29.3 Å². The van der Waals surface area contributed by atoms with Crippen LogP contribution >= 0.6 is 11.6 Å². The van der Waals surface area contributed by atoms with Crippen LogP contribution in [0.4, 0.5) is 4.79 Å². The molecule has 1 unspecified atom stereocenters. The molecule has 4 aromatic rings. The molecular formula is C24H19ClN2O3. The predicted molar refractivity (Wildman–Crippen MR) is 116 cm³/mol. The Labute approximate surface area is 178 Å². The summed E-state index contributed by atoms with van der Waals surface area (Å²) in [6.07, 6.45) is 0.977.